The van der Waals surface area contributed by atoms with Crippen LogP contribution in [0.25, 0.3) is 0 Å². The molecule has 0 aromatic carbocycles. The number of amides is 4. The van der Waals surface area contributed by atoms with Crippen LogP contribution in [-0.2, 0) is 4.79 Å². The molecule has 0 bridgehead atoms. The van der Waals surface area contributed by atoms with E-state index in [1.807, 2.05) is 24.0 Å². The van der Waals surface area contributed by atoms with Gasteiger partial charge in [-0.05, 0) is 77.1 Å². The summed E-state index contributed by atoms with van der Waals surface area (Å²) in [6, 6.07) is 4.09. The molecule has 8 heteroatoms. The van der Waals surface area contributed by atoms with Gasteiger partial charge < -0.3 is 15.1 Å². The quantitative estimate of drug-likeness (QED) is 0.633. The first-order chi connectivity index (χ1) is 15.4. The molecule has 1 aromatic heterocycles. The molecule has 0 aliphatic carbocycles. The first-order valence-corrected chi connectivity index (χ1v) is 12.9. The summed E-state index contributed by atoms with van der Waals surface area (Å²) in [5, 5.41) is 3.13. The minimum Gasteiger partial charge on any atom is -0.338 e. The Balaban J connectivity index is 1.41. The number of thiophene rings is 1. The standard InChI is InChI=1S/C24H36N4O3S/c1-4-12-24(18-9-14-27(15-10-18)21(29)20-8-7-17(2)32-20)22(30)28(23(31)25-24)16-11-19-6-5-13-26(19)3/h7-8,18-19H,4-6,9-16H2,1-3H3,(H,25,31). The van der Waals surface area contributed by atoms with Crippen LogP contribution in [0.3, 0.4) is 0 Å². The van der Waals surface area contributed by atoms with E-state index in [4.69, 9.17) is 0 Å². The normalized spacial score (nSPS) is 27.4. The number of rotatable bonds is 7. The highest BCUT2D eigenvalue weighted by atomic mass is 32.1. The summed E-state index contributed by atoms with van der Waals surface area (Å²) >= 11 is 1.53. The van der Waals surface area contributed by atoms with Gasteiger partial charge in [-0.1, -0.05) is 13.3 Å². The number of hydrogen-bond donors (Lipinski definition) is 1. The lowest BCUT2D eigenvalue weighted by atomic mass is 9.74. The molecule has 7 nitrogen and oxygen atoms in total. The van der Waals surface area contributed by atoms with E-state index < -0.39 is 5.54 Å². The minimum absolute atomic E-state index is 0.0522. The van der Waals surface area contributed by atoms with Crippen molar-refractivity contribution >= 4 is 29.2 Å². The third-order valence-corrected chi connectivity index (χ3v) is 8.62. The van der Waals surface area contributed by atoms with Crippen molar-refractivity contribution in [1.82, 2.24) is 20.0 Å². The third kappa shape index (κ3) is 4.31. The predicted octanol–water partition coefficient (Wildman–Crippen LogP) is 3.48. The smallest absolute Gasteiger partial charge is 0.325 e. The van der Waals surface area contributed by atoms with Gasteiger partial charge >= 0.3 is 6.03 Å². The summed E-state index contributed by atoms with van der Waals surface area (Å²) < 4.78 is 0. The van der Waals surface area contributed by atoms with E-state index in [0.29, 0.717) is 32.1 Å². The number of imide groups is 1. The van der Waals surface area contributed by atoms with Gasteiger partial charge in [-0.3, -0.25) is 14.5 Å². The maximum Gasteiger partial charge on any atom is 0.325 e. The van der Waals surface area contributed by atoms with Crippen molar-refractivity contribution in [3.8, 4) is 0 Å². The van der Waals surface area contributed by atoms with E-state index in [2.05, 4.69) is 24.2 Å². The zero-order valence-electron chi connectivity index (χ0n) is 19.6. The van der Waals surface area contributed by atoms with Crippen LogP contribution in [0.15, 0.2) is 12.1 Å². The van der Waals surface area contributed by atoms with Crippen molar-refractivity contribution < 1.29 is 14.4 Å². The summed E-state index contributed by atoms with van der Waals surface area (Å²) in [4.78, 5) is 46.9. The van der Waals surface area contributed by atoms with E-state index >= 15 is 0 Å². The Hall–Kier alpha value is -1.93. The van der Waals surface area contributed by atoms with Crippen LogP contribution < -0.4 is 5.32 Å². The molecule has 176 valence electrons. The number of carbonyl (C=O) groups excluding carboxylic acids is 3. The predicted molar refractivity (Wildman–Crippen MR) is 126 cm³/mol. The molecule has 0 spiro atoms. The molecular formula is C24H36N4O3S. The van der Waals surface area contributed by atoms with Crippen LogP contribution in [0.4, 0.5) is 4.79 Å². The molecule has 1 aromatic rings. The Morgan fingerprint density at radius 1 is 1.19 bits per heavy atom. The maximum atomic E-state index is 13.6. The zero-order chi connectivity index (χ0) is 22.9. The number of urea groups is 1. The Kier molecular flexibility index (Phi) is 6.91. The second-order valence-corrected chi connectivity index (χ2v) is 10.9. The molecule has 2 unspecified atom stereocenters. The summed E-state index contributed by atoms with van der Waals surface area (Å²) in [5.41, 5.74) is -0.817. The third-order valence-electron chi connectivity index (χ3n) is 7.63. The average molecular weight is 461 g/mol. The van der Waals surface area contributed by atoms with E-state index in [-0.39, 0.29) is 23.8 Å². The number of hydrogen-bond acceptors (Lipinski definition) is 5. The largest absolute Gasteiger partial charge is 0.338 e. The van der Waals surface area contributed by atoms with Crippen molar-refractivity contribution in [3.63, 3.8) is 0 Å². The van der Waals surface area contributed by atoms with Crippen LogP contribution in [0, 0.1) is 12.8 Å². The molecule has 3 aliphatic rings. The van der Waals surface area contributed by atoms with Gasteiger partial charge in [-0.15, -0.1) is 11.3 Å². The first kappa shape index (κ1) is 23.2. The van der Waals surface area contributed by atoms with Crippen molar-refractivity contribution in [2.24, 2.45) is 5.92 Å². The highest BCUT2D eigenvalue weighted by Crippen LogP contribution is 2.38. The molecule has 1 N–H and O–H groups in total. The molecule has 2 atom stereocenters. The van der Waals surface area contributed by atoms with Crippen molar-refractivity contribution in [3.05, 3.63) is 21.9 Å². The number of aryl methyl sites for hydroxylation is 1. The summed E-state index contributed by atoms with van der Waals surface area (Å²) in [7, 11) is 2.12. The summed E-state index contributed by atoms with van der Waals surface area (Å²) in [6.07, 6.45) is 6.12. The van der Waals surface area contributed by atoms with Gasteiger partial charge in [0.1, 0.15) is 5.54 Å². The summed E-state index contributed by atoms with van der Waals surface area (Å²) in [5.74, 6) is 0.0889. The first-order valence-electron chi connectivity index (χ1n) is 12.1. The Labute approximate surface area is 195 Å². The van der Waals surface area contributed by atoms with Crippen LogP contribution >= 0.6 is 11.3 Å². The molecular weight excluding hydrogens is 424 g/mol. The second kappa shape index (κ2) is 9.51. The number of nitrogens with one attached hydrogen (secondary N) is 1. The highest BCUT2D eigenvalue weighted by Gasteiger charge is 2.55. The molecule has 4 amide bonds. The van der Waals surface area contributed by atoms with E-state index in [1.165, 1.54) is 22.7 Å². The van der Waals surface area contributed by atoms with Crippen LogP contribution in [0.2, 0.25) is 0 Å². The Morgan fingerprint density at radius 2 is 1.94 bits per heavy atom. The van der Waals surface area contributed by atoms with E-state index in [1.54, 1.807) is 0 Å². The fourth-order valence-electron chi connectivity index (χ4n) is 5.80. The van der Waals surface area contributed by atoms with Crippen LogP contribution in [-0.4, -0.2) is 77.4 Å². The fourth-order valence-corrected chi connectivity index (χ4v) is 6.63. The SMILES string of the molecule is CCCC1(C2CCN(C(=O)c3ccc(C)s3)CC2)NC(=O)N(CCC2CCCN2C)C1=O. The summed E-state index contributed by atoms with van der Waals surface area (Å²) in [6.45, 7) is 6.90. The van der Waals surface area contributed by atoms with Crippen LogP contribution in [0.1, 0.15) is 66.4 Å². The van der Waals surface area contributed by atoms with Gasteiger partial charge in [-0.2, -0.15) is 0 Å². The maximum absolute atomic E-state index is 13.6. The van der Waals surface area contributed by atoms with Gasteiger partial charge in [0.25, 0.3) is 11.8 Å². The van der Waals surface area contributed by atoms with Gasteiger partial charge in [-0.25, -0.2) is 4.79 Å². The number of likely N-dealkylation sites (tertiary alicyclic amines) is 2. The van der Waals surface area contributed by atoms with Crippen molar-refractivity contribution in [2.75, 3.05) is 33.2 Å². The molecule has 4 rings (SSSR count). The highest BCUT2D eigenvalue weighted by molar-refractivity contribution is 7.13. The van der Waals surface area contributed by atoms with Crippen molar-refractivity contribution in [2.45, 2.75) is 70.4 Å². The minimum atomic E-state index is -0.817. The topological polar surface area (TPSA) is 73.0 Å². The monoisotopic (exact) mass is 460 g/mol. The van der Waals surface area contributed by atoms with E-state index in [0.717, 1.165) is 48.4 Å². The molecule has 3 fully saturated rings. The molecule has 3 aliphatic heterocycles. The van der Waals surface area contributed by atoms with Gasteiger partial charge in [0.05, 0.1) is 4.88 Å². The van der Waals surface area contributed by atoms with E-state index in [9.17, 15) is 14.4 Å². The van der Waals surface area contributed by atoms with Crippen LogP contribution in [0.5, 0.6) is 0 Å². The fraction of sp³-hybridized carbons (Fsp3) is 0.708. The number of carbonyl (C=O) groups is 3. The lowest BCUT2D eigenvalue weighted by Crippen LogP contribution is -2.56. The number of piperidine rings is 1. The molecule has 3 saturated heterocycles. The molecule has 4 heterocycles. The Bertz CT molecular complexity index is 863. The lowest BCUT2D eigenvalue weighted by molar-refractivity contribution is -0.134. The molecule has 0 radical (unpaired) electrons. The molecule has 0 saturated carbocycles. The molecule has 32 heavy (non-hydrogen) atoms. The zero-order valence-corrected chi connectivity index (χ0v) is 20.4. The second-order valence-electron chi connectivity index (χ2n) is 9.65. The van der Waals surface area contributed by atoms with Gasteiger partial charge in [0.2, 0.25) is 0 Å². The average Bonchev–Trinajstić information content (AvgIpc) is 3.46. The van der Waals surface area contributed by atoms with Crippen molar-refractivity contribution in [1.29, 1.82) is 0 Å². The number of nitrogens with zero attached hydrogens (tertiary/aromatic N) is 3. The lowest BCUT2D eigenvalue weighted by Gasteiger charge is -2.40. The van der Waals surface area contributed by atoms with Gasteiger partial charge in [0.15, 0.2) is 0 Å². The van der Waals surface area contributed by atoms with Gasteiger partial charge in [0, 0.05) is 30.6 Å². The Morgan fingerprint density at radius 3 is 2.53 bits per heavy atom.